The van der Waals surface area contributed by atoms with Crippen LogP contribution in [0.3, 0.4) is 0 Å². The maximum absolute atomic E-state index is 5.80. The van der Waals surface area contributed by atoms with Crippen LogP contribution in [0.4, 0.5) is 0 Å². The first-order valence-electron chi connectivity index (χ1n) is 5.52. The molecule has 2 aromatic carbocycles. The van der Waals surface area contributed by atoms with E-state index in [-0.39, 0.29) is 0 Å². The van der Waals surface area contributed by atoms with Crippen molar-refractivity contribution in [3.8, 4) is 5.75 Å². The van der Waals surface area contributed by atoms with E-state index in [0.29, 0.717) is 6.61 Å². The van der Waals surface area contributed by atoms with E-state index in [1.165, 1.54) is 0 Å². The smallest absolute Gasteiger partial charge is 0.130 e. The molecular weight excluding hydrogens is 212 g/mol. The summed E-state index contributed by atoms with van der Waals surface area (Å²) in [6.45, 7) is 0.575. The van der Waals surface area contributed by atoms with Gasteiger partial charge in [-0.05, 0) is 17.7 Å². The molecule has 0 fully saturated rings. The predicted molar refractivity (Wildman–Crippen MR) is 66.9 cm³/mol. The fourth-order valence-corrected chi connectivity index (χ4v) is 1.80. The second-order valence-electron chi connectivity index (χ2n) is 3.86. The van der Waals surface area contributed by atoms with Gasteiger partial charge in [-0.3, -0.25) is 5.10 Å². The minimum atomic E-state index is 0.575. The average molecular weight is 224 g/mol. The molecule has 0 unspecified atom stereocenters. The molecule has 3 rings (SSSR count). The number of nitrogens with one attached hydrogen (secondary N) is 1. The lowest BCUT2D eigenvalue weighted by atomic mass is 10.2. The molecule has 0 radical (unpaired) electrons. The van der Waals surface area contributed by atoms with Crippen LogP contribution in [0.2, 0.25) is 0 Å². The number of hydrogen-bond donors (Lipinski definition) is 1. The molecule has 17 heavy (non-hydrogen) atoms. The Kier molecular flexibility index (Phi) is 2.50. The van der Waals surface area contributed by atoms with E-state index in [1.807, 2.05) is 36.4 Å². The number of hydrogen-bond acceptors (Lipinski definition) is 2. The van der Waals surface area contributed by atoms with Crippen molar-refractivity contribution in [1.29, 1.82) is 0 Å². The van der Waals surface area contributed by atoms with E-state index in [9.17, 15) is 0 Å². The standard InChI is InChI=1S/C14H12N2O/c1-2-5-11(6-3-1)10-17-14-8-4-7-13-12(14)9-15-16-13/h1-9H,10H2,(H,15,16). The van der Waals surface area contributed by atoms with Crippen LogP contribution in [0, 0.1) is 0 Å². The van der Waals surface area contributed by atoms with Crippen LogP contribution in [0.5, 0.6) is 5.75 Å². The Morgan fingerprint density at radius 1 is 1.00 bits per heavy atom. The first kappa shape index (κ1) is 9.90. The predicted octanol–water partition coefficient (Wildman–Crippen LogP) is 3.14. The quantitative estimate of drug-likeness (QED) is 0.742. The summed E-state index contributed by atoms with van der Waals surface area (Å²) >= 11 is 0. The van der Waals surface area contributed by atoms with E-state index < -0.39 is 0 Å². The SMILES string of the molecule is c1ccc(COc2cccc3[nH]ncc23)cc1. The Morgan fingerprint density at radius 2 is 1.88 bits per heavy atom. The topological polar surface area (TPSA) is 37.9 Å². The lowest BCUT2D eigenvalue weighted by Crippen LogP contribution is -1.94. The van der Waals surface area contributed by atoms with Gasteiger partial charge in [0.15, 0.2) is 0 Å². The molecule has 1 aromatic heterocycles. The number of fused-ring (bicyclic) bond motifs is 1. The molecule has 0 atom stereocenters. The number of benzene rings is 2. The molecule has 3 nitrogen and oxygen atoms in total. The number of nitrogens with zero attached hydrogens (tertiary/aromatic N) is 1. The van der Waals surface area contributed by atoms with Gasteiger partial charge < -0.3 is 4.74 Å². The third-order valence-corrected chi connectivity index (χ3v) is 2.68. The van der Waals surface area contributed by atoms with Crippen molar-refractivity contribution >= 4 is 10.9 Å². The summed E-state index contributed by atoms with van der Waals surface area (Å²) in [5.41, 5.74) is 2.16. The Labute approximate surface area is 99.0 Å². The molecule has 3 heteroatoms. The molecular formula is C14H12N2O. The second-order valence-corrected chi connectivity index (χ2v) is 3.86. The van der Waals surface area contributed by atoms with Gasteiger partial charge in [0.05, 0.1) is 17.1 Å². The van der Waals surface area contributed by atoms with Crippen molar-refractivity contribution in [3.63, 3.8) is 0 Å². The Morgan fingerprint density at radius 3 is 2.76 bits per heavy atom. The van der Waals surface area contributed by atoms with Crippen LogP contribution in [0.25, 0.3) is 10.9 Å². The number of aromatic amines is 1. The minimum absolute atomic E-state index is 0.575. The third-order valence-electron chi connectivity index (χ3n) is 2.68. The van der Waals surface area contributed by atoms with Gasteiger partial charge in [0.1, 0.15) is 12.4 Å². The van der Waals surface area contributed by atoms with Gasteiger partial charge >= 0.3 is 0 Å². The van der Waals surface area contributed by atoms with Crippen LogP contribution in [0.15, 0.2) is 54.7 Å². The molecule has 0 aliphatic heterocycles. The van der Waals surface area contributed by atoms with Crippen molar-refractivity contribution in [1.82, 2.24) is 10.2 Å². The lowest BCUT2D eigenvalue weighted by molar-refractivity contribution is 0.310. The molecule has 0 saturated carbocycles. The summed E-state index contributed by atoms with van der Waals surface area (Å²) in [6.07, 6.45) is 1.79. The van der Waals surface area contributed by atoms with Gasteiger partial charge in [-0.25, -0.2) is 0 Å². The molecule has 0 aliphatic rings. The molecule has 0 bridgehead atoms. The van der Waals surface area contributed by atoms with Crippen LogP contribution < -0.4 is 4.74 Å². The van der Waals surface area contributed by atoms with Crippen molar-refractivity contribution in [3.05, 3.63) is 60.3 Å². The van der Waals surface area contributed by atoms with Gasteiger partial charge in [0, 0.05) is 0 Å². The summed E-state index contributed by atoms with van der Waals surface area (Å²) in [4.78, 5) is 0. The highest BCUT2D eigenvalue weighted by atomic mass is 16.5. The van der Waals surface area contributed by atoms with Gasteiger partial charge in [0.25, 0.3) is 0 Å². The first-order chi connectivity index (χ1) is 8.43. The van der Waals surface area contributed by atoms with Gasteiger partial charge in [-0.2, -0.15) is 5.10 Å². The molecule has 0 saturated heterocycles. The highest BCUT2D eigenvalue weighted by Crippen LogP contribution is 2.24. The fraction of sp³-hybridized carbons (Fsp3) is 0.0714. The van der Waals surface area contributed by atoms with Crippen molar-refractivity contribution in [2.24, 2.45) is 0 Å². The molecule has 1 N–H and O–H groups in total. The summed E-state index contributed by atoms with van der Waals surface area (Å²) in [5, 5.41) is 7.96. The number of aromatic nitrogens is 2. The van der Waals surface area contributed by atoms with Crippen molar-refractivity contribution < 1.29 is 4.74 Å². The van der Waals surface area contributed by atoms with Crippen molar-refractivity contribution in [2.75, 3.05) is 0 Å². The van der Waals surface area contributed by atoms with E-state index in [2.05, 4.69) is 22.3 Å². The van der Waals surface area contributed by atoms with E-state index in [1.54, 1.807) is 6.20 Å². The van der Waals surface area contributed by atoms with Crippen LogP contribution >= 0.6 is 0 Å². The Bertz CT molecular complexity index is 616. The van der Waals surface area contributed by atoms with Crippen LogP contribution in [0.1, 0.15) is 5.56 Å². The molecule has 0 amide bonds. The first-order valence-corrected chi connectivity index (χ1v) is 5.52. The largest absolute Gasteiger partial charge is 0.488 e. The zero-order valence-corrected chi connectivity index (χ0v) is 9.26. The van der Waals surface area contributed by atoms with E-state index >= 15 is 0 Å². The average Bonchev–Trinajstić information content (AvgIpc) is 2.86. The summed E-state index contributed by atoms with van der Waals surface area (Å²) < 4.78 is 5.80. The maximum atomic E-state index is 5.80. The number of H-pyrrole nitrogens is 1. The Hall–Kier alpha value is -2.29. The normalized spacial score (nSPS) is 10.6. The molecule has 0 spiro atoms. The molecule has 1 heterocycles. The van der Waals surface area contributed by atoms with Crippen LogP contribution in [-0.4, -0.2) is 10.2 Å². The monoisotopic (exact) mass is 224 g/mol. The lowest BCUT2D eigenvalue weighted by Gasteiger charge is -2.06. The van der Waals surface area contributed by atoms with E-state index in [0.717, 1.165) is 22.2 Å². The second kappa shape index (κ2) is 4.29. The highest BCUT2D eigenvalue weighted by Gasteiger charge is 2.03. The molecule has 84 valence electrons. The summed E-state index contributed by atoms with van der Waals surface area (Å²) in [6, 6.07) is 16.0. The van der Waals surface area contributed by atoms with Gasteiger partial charge in [0.2, 0.25) is 0 Å². The molecule has 3 aromatic rings. The highest BCUT2D eigenvalue weighted by molar-refractivity contribution is 5.84. The van der Waals surface area contributed by atoms with E-state index in [4.69, 9.17) is 4.74 Å². The fourth-order valence-electron chi connectivity index (χ4n) is 1.80. The van der Waals surface area contributed by atoms with Gasteiger partial charge in [-0.1, -0.05) is 36.4 Å². The zero-order chi connectivity index (χ0) is 11.5. The molecule has 0 aliphatic carbocycles. The van der Waals surface area contributed by atoms with Gasteiger partial charge in [-0.15, -0.1) is 0 Å². The summed E-state index contributed by atoms with van der Waals surface area (Å²) in [7, 11) is 0. The number of ether oxygens (including phenoxy) is 1. The van der Waals surface area contributed by atoms with Crippen molar-refractivity contribution in [2.45, 2.75) is 6.61 Å². The minimum Gasteiger partial charge on any atom is -0.488 e. The maximum Gasteiger partial charge on any atom is 0.130 e. The van der Waals surface area contributed by atoms with Crippen LogP contribution in [-0.2, 0) is 6.61 Å². The third kappa shape index (κ3) is 1.99. The number of rotatable bonds is 3. The summed E-state index contributed by atoms with van der Waals surface area (Å²) in [5.74, 6) is 0.861. The zero-order valence-electron chi connectivity index (χ0n) is 9.26. The Balaban J connectivity index is 1.84.